The van der Waals surface area contributed by atoms with Gasteiger partial charge in [0.2, 0.25) is 0 Å². The molecule has 1 aromatic rings. The van der Waals surface area contributed by atoms with Gasteiger partial charge in [0.05, 0.1) is 10.6 Å². The van der Waals surface area contributed by atoms with Crippen LogP contribution < -0.4 is 16.0 Å². The van der Waals surface area contributed by atoms with Crippen molar-refractivity contribution in [1.82, 2.24) is 16.0 Å². The van der Waals surface area contributed by atoms with Gasteiger partial charge in [-0.05, 0) is 67.8 Å². The Bertz CT molecular complexity index is 666. The Morgan fingerprint density at radius 3 is 2.63 bits per heavy atom. The smallest absolute Gasteiger partial charge is 0.252 e. The molecule has 0 radical (unpaired) electrons. The van der Waals surface area contributed by atoms with Crippen LogP contribution in [-0.2, 0) is 6.54 Å². The molecule has 1 amide bonds. The topological polar surface area (TPSA) is 53.2 Å². The zero-order valence-electron chi connectivity index (χ0n) is 18.2. The fourth-order valence-corrected chi connectivity index (χ4v) is 5.33. The van der Waals surface area contributed by atoms with Crippen molar-refractivity contribution < 1.29 is 4.79 Å². The minimum atomic E-state index is -0.0277. The lowest BCUT2D eigenvalue weighted by Gasteiger charge is -2.45. The van der Waals surface area contributed by atoms with Gasteiger partial charge in [0.1, 0.15) is 0 Å². The van der Waals surface area contributed by atoms with Crippen LogP contribution in [0.3, 0.4) is 0 Å². The Morgan fingerprint density at radius 1 is 1.20 bits per heavy atom. The summed E-state index contributed by atoms with van der Waals surface area (Å²) in [4.78, 5) is 12.9. The predicted molar refractivity (Wildman–Crippen MR) is 128 cm³/mol. The minimum absolute atomic E-state index is 0. The Labute approximate surface area is 188 Å². The summed E-state index contributed by atoms with van der Waals surface area (Å²) in [5, 5.41) is 10.6. The summed E-state index contributed by atoms with van der Waals surface area (Å²) in [6, 6.07) is 6.33. The third kappa shape index (κ3) is 7.25. The average Bonchev–Trinajstić information content (AvgIpc) is 2.70. The van der Waals surface area contributed by atoms with Crippen molar-refractivity contribution >= 4 is 17.5 Å². The molecule has 1 aromatic carbocycles. The van der Waals surface area contributed by atoms with Gasteiger partial charge in [-0.1, -0.05) is 64.6 Å². The number of nitrogens with one attached hydrogen (secondary N) is 3. The summed E-state index contributed by atoms with van der Waals surface area (Å²) in [5.74, 6) is 0.850. The quantitative estimate of drug-likeness (QED) is 0.422. The first kappa shape index (κ1) is 25.2. The van der Waals surface area contributed by atoms with Crippen molar-refractivity contribution in [3.8, 4) is 0 Å². The number of amides is 1. The molecule has 0 unspecified atom stereocenters. The van der Waals surface area contributed by atoms with Gasteiger partial charge in [0.15, 0.2) is 0 Å². The molecule has 0 aromatic heterocycles. The number of carbonyl (C=O) groups excluding carboxylic acids is 1. The molecule has 0 aliphatic heterocycles. The molecule has 2 saturated carbocycles. The molecule has 5 heteroatoms. The molecule has 3 N–H and O–H groups in total. The van der Waals surface area contributed by atoms with Gasteiger partial charge in [-0.2, -0.15) is 0 Å². The van der Waals surface area contributed by atoms with Gasteiger partial charge in [0.25, 0.3) is 5.91 Å². The van der Waals surface area contributed by atoms with Crippen molar-refractivity contribution in [3.05, 3.63) is 34.3 Å². The first-order valence-electron chi connectivity index (χ1n) is 11.5. The number of fused-ring (bicyclic) bond motifs is 2. The van der Waals surface area contributed by atoms with Crippen LogP contribution in [0.4, 0.5) is 0 Å². The highest BCUT2D eigenvalue weighted by molar-refractivity contribution is 6.33. The van der Waals surface area contributed by atoms with Crippen LogP contribution in [-0.4, -0.2) is 31.6 Å². The molecule has 0 saturated heterocycles. The second kappa shape index (κ2) is 12.1. The first-order valence-corrected chi connectivity index (χ1v) is 11.9. The van der Waals surface area contributed by atoms with Crippen LogP contribution in [0.1, 0.15) is 88.6 Å². The number of carbonyl (C=O) groups is 1. The Hall–Kier alpha value is -1.10. The average molecular weight is 436 g/mol. The molecule has 2 aliphatic rings. The Kier molecular flexibility index (Phi) is 10.1. The molecule has 30 heavy (non-hydrogen) atoms. The van der Waals surface area contributed by atoms with E-state index in [4.69, 9.17) is 11.6 Å². The lowest BCUT2D eigenvalue weighted by Crippen LogP contribution is -2.43. The molecular weight excluding hydrogens is 394 g/mol. The van der Waals surface area contributed by atoms with Crippen LogP contribution in [0.2, 0.25) is 5.02 Å². The van der Waals surface area contributed by atoms with Crippen molar-refractivity contribution in [2.75, 3.05) is 19.6 Å². The molecule has 2 bridgehead atoms. The van der Waals surface area contributed by atoms with E-state index in [9.17, 15) is 4.79 Å². The molecule has 4 nitrogen and oxygen atoms in total. The summed E-state index contributed by atoms with van der Waals surface area (Å²) >= 11 is 6.36. The highest BCUT2D eigenvalue weighted by Crippen LogP contribution is 2.48. The fourth-order valence-electron chi connectivity index (χ4n) is 5.13. The standard InChI is InChI=1S/C24H38ClN3O.CH4/c1-18(2)27-13-5-12-26-16-20-8-9-22(25)21(14-20)23(29)28-17-24-10-3-6-19(15-24)7-4-11-24;/h8-9,14,18-19,26-27H,3-7,10-13,15-17H2,1-2H3,(H,28,29);1H4. The van der Waals surface area contributed by atoms with E-state index in [-0.39, 0.29) is 13.3 Å². The molecule has 0 heterocycles. The van der Waals surface area contributed by atoms with Gasteiger partial charge in [-0.3, -0.25) is 4.79 Å². The van der Waals surface area contributed by atoms with E-state index < -0.39 is 0 Å². The number of hydrogen-bond donors (Lipinski definition) is 3. The monoisotopic (exact) mass is 435 g/mol. The van der Waals surface area contributed by atoms with Crippen LogP contribution in [0.25, 0.3) is 0 Å². The van der Waals surface area contributed by atoms with E-state index >= 15 is 0 Å². The van der Waals surface area contributed by atoms with Crippen molar-refractivity contribution in [2.45, 2.75) is 85.2 Å². The summed E-state index contributed by atoms with van der Waals surface area (Å²) < 4.78 is 0. The van der Waals surface area contributed by atoms with Gasteiger partial charge in [-0.25, -0.2) is 0 Å². The second-order valence-electron chi connectivity index (χ2n) is 9.49. The maximum Gasteiger partial charge on any atom is 0.252 e. The maximum absolute atomic E-state index is 12.9. The third-order valence-electron chi connectivity index (χ3n) is 6.67. The maximum atomic E-state index is 12.9. The number of rotatable bonds is 10. The van der Waals surface area contributed by atoms with E-state index in [0.717, 1.165) is 44.1 Å². The molecule has 170 valence electrons. The van der Waals surface area contributed by atoms with Gasteiger partial charge in [-0.15, -0.1) is 0 Å². The number of hydrogen-bond acceptors (Lipinski definition) is 3. The third-order valence-corrected chi connectivity index (χ3v) is 7.00. The Balaban J connectivity index is 0.00000320. The highest BCUT2D eigenvalue weighted by atomic mass is 35.5. The summed E-state index contributed by atoms with van der Waals surface area (Å²) in [5.41, 5.74) is 2.03. The predicted octanol–water partition coefficient (Wildman–Crippen LogP) is 5.54. The number of halogens is 1. The van der Waals surface area contributed by atoms with Gasteiger partial charge < -0.3 is 16.0 Å². The lowest BCUT2D eigenvalue weighted by molar-refractivity contribution is 0.0681. The molecule has 2 fully saturated rings. The summed E-state index contributed by atoms with van der Waals surface area (Å²) in [7, 11) is 0. The second-order valence-corrected chi connectivity index (χ2v) is 9.90. The molecule has 3 rings (SSSR count). The molecule has 0 atom stereocenters. The highest BCUT2D eigenvalue weighted by Gasteiger charge is 2.39. The zero-order valence-corrected chi connectivity index (χ0v) is 18.9. The minimum Gasteiger partial charge on any atom is -0.351 e. The van der Waals surface area contributed by atoms with E-state index in [2.05, 4.69) is 29.8 Å². The van der Waals surface area contributed by atoms with Crippen molar-refractivity contribution in [1.29, 1.82) is 0 Å². The van der Waals surface area contributed by atoms with Crippen LogP contribution in [0, 0.1) is 11.3 Å². The van der Waals surface area contributed by atoms with Gasteiger partial charge >= 0.3 is 0 Å². The SMILES string of the molecule is C.CC(C)NCCCNCc1ccc(Cl)c(C(=O)NCC23CCCC(CCC2)C3)c1. The van der Waals surface area contributed by atoms with E-state index in [0.29, 0.717) is 22.0 Å². The van der Waals surface area contributed by atoms with Gasteiger partial charge in [0, 0.05) is 19.1 Å². The molecule has 2 aliphatic carbocycles. The summed E-state index contributed by atoms with van der Waals surface area (Å²) in [6.07, 6.45) is 10.3. The van der Waals surface area contributed by atoms with Crippen molar-refractivity contribution in [3.63, 3.8) is 0 Å². The Morgan fingerprint density at radius 2 is 1.93 bits per heavy atom. The summed E-state index contributed by atoms with van der Waals surface area (Å²) in [6.45, 7) is 7.84. The van der Waals surface area contributed by atoms with E-state index in [1.807, 2.05) is 18.2 Å². The fraction of sp³-hybridized carbons (Fsp3) is 0.720. The molecular formula is C25H42ClN3O. The van der Waals surface area contributed by atoms with Crippen molar-refractivity contribution in [2.24, 2.45) is 11.3 Å². The normalized spacial score (nSPS) is 23.1. The van der Waals surface area contributed by atoms with Crippen LogP contribution in [0.5, 0.6) is 0 Å². The van der Waals surface area contributed by atoms with Crippen LogP contribution in [0.15, 0.2) is 18.2 Å². The lowest BCUT2D eigenvalue weighted by atomic mass is 9.62. The molecule has 0 spiro atoms. The van der Waals surface area contributed by atoms with E-state index in [1.54, 1.807) is 0 Å². The number of benzene rings is 1. The largest absolute Gasteiger partial charge is 0.351 e. The zero-order chi connectivity index (χ0) is 20.7. The van der Waals surface area contributed by atoms with E-state index in [1.165, 1.54) is 44.9 Å². The first-order chi connectivity index (χ1) is 14.0. The van der Waals surface area contributed by atoms with Crippen LogP contribution >= 0.6 is 11.6 Å².